The molecule has 0 saturated carbocycles. The SMILES string of the molecule is Cc1ccc(Cl)cc1NC(=O)[C@H]1CC(=O)Nc2nc3ccccc3n21. The molecule has 3 aromatic rings. The molecule has 0 bridgehead atoms. The molecule has 0 unspecified atom stereocenters. The van der Waals surface area contributed by atoms with Gasteiger partial charge in [0.15, 0.2) is 0 Å². The van der Waals surface area contributed by atoms with Gasteiger partial charge in [-0.15, -0.1) is 0 Å². The first-order valence-electron chi connectivity index (χ1n) is 7.87. The third-order valence-corrected chi connectivity index (χ3v) is 4.53. The number of amides is 2. The minimum atomic E-state index is -0.672. The molecule has 0 saturated heterocycles. The first-order valence-corrected chi connectivity index (χ1v) is 8.24. The van der Waals surface area contributed by atoms with E-state index >= 15 is 0 Å². The van der Waals surface area contributed by atoms with Crippen LogP contribution in [0.3, 0.4) is 0 Å². The Balaban J connectivity index is 1.74. The van der Waals surface area contributed by atoms with E-state index < -0.39 is 6.04 Å². The van der Waals surface area contributed by atoms with E-state index in [1.54, 1.807) is 16.7 Å². The summed E-state index contributed by atoms with van der Waals surface area (Å²) in [5, 5.41) is 6.15. The predicted molar refractivity (Wildman–Crippen MR) is 96.8 cm³/mol. The second-order valence-corrected chi connectivity index (χ2v) is 6.45. The summed E-state index contributed by atoms with van der Waals surface area (Å²) in [6, 6.07) is 12.1. The van der Waals surface area contributed by atoms with E-state index in [1.807, 2.05) is 37.3 Å². The van der Waals surface area contributed by atoms with Crippen molar-refractivity contribution in [3.05, 3.63) is 53.1 Å². The average molecular weight is 355 g/mol. The maximum atomic E-state index is 12.9. The van der Waals surface area contributed by atoms with Gasteiger partial charge in [0.25, 0.3) is 0 Å². The van der Waals surface area contributed by atoms with Gasteiger partial charge < -0.3 is 5.32 Å². The van der Waals surface area contributed by atoms with E-state index in [9.17, 15) is 9.59 Å². The second kappa shape index (κ2) is 5.89. The van der Waals surface area contributed by atoms with Crippen molar-refractivity contribution in [1.29, 1.82) is 0 Å². The number of aryl methyl sites for hydroxylation is 1. The number of carbonyl (C=O) groups excluding carboxylic acids is 2. The van der Waals surface area contributed by atoms with Crippen LogP contribution in [0.5, 0.6) is 0 Å². The van der Waals surface area contributed by atoms with Crippen molar-refractivity contribution in [3.8, 4) is 0 Å². The number of carbonyl (C=O) groups is 2. The number of nitrogens with zero attached hydrogens (tertiary/aromatic N) is 2. The van der Waals surface area contributed by atoms with Crippen molar-refractivity contribution in [2.45, 2.75) is 19.4 Å². The first-order chi connectivity index (χ1) is 12.0. The summed E-state index contributed by atoms with van der Waals surface area (Å²) >= 11 is 6.02. The zero-order valence-electron chi connectivity index (χ0n) is 13.4. The summed E-state index contributed by atoms with van der Waals surface area (Å²) in [5.41, 5.74) is 3.07. The molecule has 1 atom stereocenters. The molecule has 2 heterocycles. The molecular formula is C18H15ClN4O2. The van der Waals surface area contributed by atoms with Crippen molar-refractivity contribution >= 4 is 46.1 Å². The Hall–Kier alpha value is -2.86. The largest absolute Gasteiger partial charge is 0.324 e. The molecule has 2 aromatic carbocycles. The first kappa shape index (κ1) is 15.7. The molecule has 0 aliphatic carbocycles. The highest BCUT2D eigenvalue weighted by molar-refractivity contribution is 6.31. The lowest BCUT2D eigenvalue weighted by atomic mass is 10.1. The van der Waals surface area contributed by atoms with E-state index in [1.165, 1.54) is 0 Å². The number of anilines is 2. The summed E-state index contributed by atoms with van der Waals surface area (Å²) in [6.07, 6.45) is 0.0544. The molecule has 1 aliphatic heterocycles. The summed E-state index contributed by atoms with van der Waals surface area (Å²) in [5.74, 6) is -0.115. The highest BCUT2D eigenvalue weighted by atomic mass is 35.5. The Labute approximate surface area is 148 Å². The Morgan fingerprint density at radius 1 is 1.32 bits per heavy atom. The molecule has 6 nitrogen and oxygen atoms in total. The summed E-state index contributed by atoms with van der Waals surface area (Å²) in [7, 11) is 0. The maximum absolute atomic E-state index is 12.9. The van der Waals surface area contributed by atoms with Crippen molar-refractivity contribution in [2.75, 3.05) is 10.6 Å². The Bertz CT molecular complexity index is 1010. The van der Waals surface area contributed by atoms with E-state index in [0.29, 0.717) is 16.7 Å². The summed E-state index contributed by atoms with van der Waals surface area (Å²) < 4.78 is 1.77. The lowest BCUT2D eigenvalue weighted by Crippen LogP contribution is -2.35. The predicted octanol–water partition coefficient (Wildman–Crippen LogP) is 3.52. The van der Waals surface area contributed by atoms with Crippen molar-refractivity contribution in [3.63, 3.8) is 0 Å². The molecular weight excluding hydrogens is 340 g/mol. The average Bonchev–Trinajstić information content (AvgIpc) is 2.95. The van der Waals surface area contributed by atoms with Crippen LogP contribution in [0.1, 0.15) is 18.0 Å². The number of hydrogen-bond acceptors (Lipinski definition) is 3. The topological polar surface area (TPSA) is 76.0 Å². The third kappa shape index (κ3) is 2.74. The van der Waals surface area contributed by atoms with Crippen LogP contribution in [0.2, 0.25) is 5.02 Å². The zero-order valence-corrected chi connectivity index (χ0v) is 14.2. The molecule has 25 heavy (non-hydrogen) atoms. The minimum Gasteiger partial charge on any atom is -0.324 e. The Morgan fingerprint density at radius 2 is 2.12 bits per heavy atom. The Kier molecular flexibility index (Phi) is 3.69. The number of hydrogen-bond donors (Lipinski definition) is 2. The van der Waals surface area contributed by atoms with E-state index in [0.717, 1.165) is 16.6 Å². The molecule has 126 valence electrons. The van der Waals surface area contributed by atoms with Gasteiger partial charge in [0.2, 0.25) is 17.8 Å². The molecule has 1 aliphatic rings. The molecule has 4 rings (SSSR count). The fourth-order valence-corrected chi connectivity index (χ4v) is 3.22. The van der Waals surface area contributed by atoms with E-state index in [2.05, 4.69) is 15.6 Å². The quantitative estimate of drug-likeness (QED) is 0.739. The number of benzene rings is 2. The van der Waals surface area contributed by atoms with E-state index in [-0.39, 0.29) is 18.2 Å². The molecule has 0 spiro atoms. The van der Waals surface area contributed by atoms with Crippen molar-refractivity contribution < 1.29 is 9.59 Å². The van der Waals surface area contributed by atoms with Crippen LogP contribution >= 0.6 is 11.6 Å². The fourth-order valence-electron chi connectivity index (χ4n) is 3.05. The highest BCUT2D eigenvalue weighted by Crippen LogP contribution is 2.31. The van der Waals surface area contributed by atoms with Crippen LogP contribution in [-0.4, -0.2) is 21.4 Å². The summed E-state index contributed by atoms with van der Waals surface area (Å²) in [6.45, 7) is 1.89. The molecule has 2 amide bonds. The van der Waals surface area contributed by atoms with Crippen LogP contribution in [0.25, 0.3) is 11.0 Å². The zero-order chi connectivity index (χ0) is 17.6. The number of aromatic nitrogens is 2. The standard InChI is InChI=1S/C18H15ClN4O2/c1-10-6-7-11(19)8-13(10)20-17(25)15-9-16(24)22-18-21-12-4-2-3-5-14(12)23(15)18/h2-8,15H,9H2,1H3,(H,20,25)(H,21,22,24)/t15-/m1/s1. The van der Waals surface area contributed by atoms with Gasteiger partial charge in [-0.1, -0.05) is 29.8 Å². The highest BCUT2D eigenvalue weighted by Gasteiger charge is 2.33. The van der Waals surface area contributed by atoms with Gasteiger partial charge in [-0.2, -0.15) is 0 Å². The van der Waals surface area contributed by atoms with Crippen LogP contribution in [-0.2, 0) is 9.59 Å². The van der Waals surface area contributed by atoms with Gasteiger partial charge >= 0.3 is 0 Å². The van der Waals surface area contributed by atoms with Gasteiger partial charge in [-0.25, -0.2) is 4.98 Å². The van der Waals surface area contributed by atoms with Crippen LogP contribution in [0.15, 0.2) is 42.5 Å². The molecule has 7 heteroatoms. The summed E-state index contributed by atoms with van der Waals surface area (Å²) in [4.78, 5) is 29.3. The van der Waals surface area contributed by atoms with Gasteiger partial charge in [0, 0.05) is 10.7 Å². The number of fused-ring (bicyclic) bond motifs is 3. The second-order valence-electron chi connectivity index (χ2n) is 6.01. The number of rotatable bonds is 2. The van der Waals surface area contributed by atoms with Gasteiger partial charge in [-0.05, 0) is 36.8 Å². The molecule has 0 fully saturated rings. The number of halogens is 1. The van der Waals surface area contributed by atoms with E-state index in [4.69, 9.17) is 11.6 Å². The monoisotopic (exact) mass is 354 g/mol. The molecule has 0 radical (unpaired) electrons. The van der Waals surface area contributed by atoms with Gasteiger partial charge in [0.05, 0.1) is 17.5 Å². The number of para-hydroxylation sites is 2. The maximum Gasteiger partial charge on any atom is 0.248 e. The van der Waals surface area contributed by atoms with Crippen LogP contribution in [0.4, 0.5) is 11.6 Å². The van der Waals surface area contributed by atoms with Crippen LogP contribution in [0, 0.1) is 6.92 Å². The number of imidazole rings is 1. The third-order valence-electron chi connectivity index (χ3n) is 4.30. The lowest BCUT2D eigenvalue weighted by Gasteiger charge is -2.25. The fraction of sp³-hybridized carbons (Fsp3) is 0.167. The van der Waals surface area contributed by atoms with Crippen molar-refractivity contribution in [2.24, 2.45) is 0 Å². The normalized spacial score (nSPS) is 16.4. The van der Waals surface area contributed by atoms with Gasteiger partial charge in [0.1, 0.15) is 6.04 Å². The molecule has 1 aromatic heterocycles. The van der Waals surface area contributed by atoms with Crippen LogP contribution < -0.4 is 10.6 Å². The minimum absolute atomic E-state index is 0.0544. The molecule has 2 N–H and O–H groups in total. The van der Waals surface area contributed by atoms with Crippen molar-refractivity contribution in [1.82, 2.24) is 9.55 Å². The number of nitrogens with one attached hydrogen (secondary N) is 2. The Morgan fingerprint density at radius 3 is 2.96 bits per heavy atom. The smallest absolute Gasteiger partial charge is 0.248 e. The lowest BCUT2D eigenvalue weighted by molar-refractivity contribution is -0.124. The van der Waals surface area contributed by atoms with Gasteiger partial charge in [-0.3, -0.25) is 19.5 Å².